The van der Waals surface area contributed by atoms with E-state index < -0.39 is 5.91 Å². The van der Waals surface area contributed by atoms with Gasteiger partial charge in [0.05, 0.1) is 11.3 Å². The summed E-state index contributed by atoms with van der Waals surface area (Å²) < 4.78 is 0. The number of benzene rings is 1. The molecule has 0 aliphatic carbocycles. The van der Waals surface area contributed by atoms with Gasteiger partial charge in [0.2, 0.25) is 0 Å². The molecule has 0 radical (unpaired) electrons. The van der Waals surface area contributed by atoms with Crippen LogP contribution < -0.4 is 10.6 Å². The summed E-state index contributed by atoms with van der Waals surface area (Å²) in [6, 6.07) is 8.52. The Bertz CT molecular complexity index is 711. The molecule has 4 nitrogen and oxygen atoms in total. The van der Waals surface area contributed by atoms with Crippen LogP contribution in [0.15, 0.2) is 36.7 Å². The topological polar surface area (TPSA) is 59.2 Å². The van der Waals surface area contributed by atoms with Crippen molar-refractivity contribution in [3.63, 3.8) is 0 Å². The minimum Gasteiger partial charge on any atom is -0.370 e. The molecule has 2 heterocycles. The number of amides is 1. The first-order valence-corrected chi connectivity index (χ1v) is 7.62. The third kappa shape index (κ3) is 2.69. The van der Waals surface area contributed by atoms with Gasteiger partial charge in [-0.15, -0.1) is 0 Å². The third-order valence-electron chi connectivity index (χ3n) is 4.46. The maximum absolute atomic E-state index is 11.6. The first-order valence-electron chi connectivity index (χ1n) is 7.62. The fourth-order valence-corrected chi connectivity index (χ4v) is 3.37. The normalized spacial score (nSPS) is 17.7. The minimum absolute atomic E-state index is 0.418. The predicted octanol–water partition coefficient (Wildman–Crippen LogP) is 2.79. The van der Waals surface area contributed by atoms with Gasteiger partial charge in [-0.1, -0.05) is 23.8 Å². The number of carbonyl (C=O) groups excluding carboxylic acids is 1. The number of nitrogens with zero attached hydrogens (tertiary/aromatic N) is 2. The van der Waals surface area contributed by atoms with E-state index in [0.29, 0.717) is 11.5 Å². The quantitative estimate of drug-likeness (QED) is 0.947. The molecule has 1 unspecified atom stereocenters. The Morgan fingerprint density at radius 1 is 1.32 bits per heavy atom. The van der Waals surface area contributed by atoms with E-state index in [4.69, 9.17) is 5.73 Å². The second kappa shape index (κ2) is 5.79. The Balaban J connectivity index is 1.85. The molecule has 0 saturated carbocycles. The first-order chi connectivity index (χ1) is 10.6. The molecule has 2 aromatic rings. The molecule has 2 N–H and O–H groups in total. The molecule has 1 atom stereocenters. The van der Waals surface area contributed by atoms with Crippen LogP contribution >= 0.6 is 0 Å². The highest BCUT2D eigenvalue weighted by Gasteiger charge is 2.27. The zero-order valence-corrected chi connectivity index (χ0v) is 13.0. The van der Waals surface area contributed by atoms with Gasteiger partial charge in [-0.3, -0.25) is 9.78 Å². The van der Waals surface area contributed by atoms with E-state index in [1.165, 1.54) is 16.7 Å². The number of anilines is 1. The second-order valence-corrected chi connectivity index (χ2v) is 6.05. The Labute approximate surface area is 131 Å². The SMILES string of the molecule is Cc1ccc(C2CCN(c3ccncc3C(N)=O)C2)c(C)c1. The van der Waals surface area contributed by atoms with Crippen LogP contribution in [0.25, 0.3) is 0 Å². The summed E-state index contributed by atoms with van der Waals surface area (Å²) in [5.41, 5.74) is 10.9. The maximum Gasteiger partial charge on any atom is 0.252 e. The molecule has 0 bridgehead atoms. The van der Waals surface area contributed by atoms with Crippen molar-refractivity contribution in [2.45, 2.75) is 26.2 Å². The Morgan fingerprint density at radius 3 is 2.86 bits per heavy atom. The van der Waals surface area contributed by atoms with Crippen molar-refractivity contribution in [2.75, 3.05) is 18.0 Å². The van der Waals surface area contributed by atoms with Crippen molar-refractivity contribution < 1.29 is 4.79 Å². The minimum atomic E-state index is -0.418. The van der Waals surface area contributed by atoms with Crippen LogP contribution in [0.1, 0.15) is 39.4 Å². The lowest BCUT2D eigenvalue weighted by atomic mass is 9.93. The Kier molecular flexibility index (Phi) is 3.84. The van der Waals surface area contributed by atoms with E-state index in [9.17, 15) is 4.79 Å². The average molecular weight is 295 g/mol. The predicted molar refractivity (Wildman–Crippen MR) is 88.2 cm³/mol. The van der Waals surface area contributed by atoms with Gasteiger partial charge in [0.25, 0.3) is 5.91 Å². The Morgan fingerprint density at radius 2 is 2.14 bits per heavy atom. The number of nitrogens with two attached hydrogens (primary N) is 1. The number of aromatic nitrogens is 1. The zero-order valence-electron chi connectivity index (χ0n) is 13.0. The average Bonchev–Trinajstić information content (AvgIpc) is 2.96. The van der Waals surface area contributed by atoms with Gasteiger partial charge in [0.1, 0.15) is 0 Å². The van der Waals surface area contributed by atoms with E-state index in [2.05, 4.69) is 41.9 Å². The molecule has 114 valence electrons. The molecular weight excluding hydrogens is 274 g/mol. The molecular formula is C18H21N3O. The summed E-state index contributed by atoms with van der Waals surface area (Å²) in [6.45, 7) is 6.14. The molecule has 1 saturated heterocycles. The molecule has 4 heteroatoms. The maximum atomic E-state index is 11.6. The van der Waals surface area contributed by atoms with Crippen LogP contribution in [0.4, 0.5) is 5.69 Å². The van der Waals surface area contributed by atoms with E-state index in [1.807, 2.05) is 6.07 Å². The van der Waals surface area contributed by atoms with E-state index in [-0.39, 0.29) is 0 Å². The molecule has 1 aromatic heterocycles. The molecule has 1 fully saturated rings. The van der Waals surface area contributed by atoms with Crippen LogP contribution in [0.2, 0.25) is 0 Å². The summed E-state index contributed by atoms with van der Waals surface area (Å²) in [4.78, 5) is 17.8. The zero-order chi connectivity index (χ0) is 15.7. The fourth-order valence-electron chi connectivity index (χ4n) is 3.37. The van der Waals surface area contributed by atoms with Crippen molar-refractivity contribution in [3.05, 3.63) is 58.9 Å². The highest BCUT2D eigenvalue weighted by molar-refractivity contribution is 5.98. The van der Waals surface area contributed by atoms with Crippen molar-refractivity contribution >= 4 is 11.6 Å². The number of carbonyl (C=O) groups is 1. The lowest BCUT2D eigenvalue weighted by Gasteiger charge is -2.21. The summed E-state index contributed by atoms with van der Waals surface area (Å²) >= 11 is 0. The highest BCUT2D eigenvalue weighted by Crippen LogP contribution is 2.33. The van der Waals surface area contributed by atoms with Crippen molar-refractivity contribution in [2.24, 2.45) is 5.73 Å². The fraction of sp³-hybridized carbons (Fsp3) is 0.333. The second-order valence-electron chi connectivity index (χ2n) is 6.05. The van der Waals surface area contributed by atoms with Crippen molar-refractivity contribution in [1.29, 1.82) is 0 Å². The largest absolute Gasteiger partial charge is 0.370 e. The molecule has 22 heavy (non-hydrogen) atoms. The number of hydrogen-bond acceptors (Lipinski definition) is 3. The van der Waals surface area contributed by atoms with Crippen LogP contribution in [-0.2, 0) is 0 Å². The number of primary amides is 1. The molecule has 3 rings (SSSR count). The van der Waals surface area contributed by atoms with Gasteiger partial charge in [-0.25, -0.2) is 0 Å². The van der Waals surface area contributed by atoms with Gasteiger partial charge < -0.3 is 10.6 Å². The van der Waals surface area contributed by atoms with Gasteiger partial charge in [0, 0.05) is 31.4 Å². The van der Waals surface area contributed by atoms with E-state index >= 15 is 0 Å². The number of rotatable bonds is 3. The number of pyridine rings is 1. The first kappa shape index (κ1) is 14.6. The summed E-state index contributed by atoms with van der Waals surface area (Å²) in [5, 5.41) is 0. The molecule has 1 aliphatic heterocycles. The smallest absolute Gasteiger partial charge is 0.252 e. The number of aryl methyl sites for hydroxylation is 2. The number of hydrogen-bond donors (Lipinski definition) is 1. The highest BCUT2D eigenvalue weighted by atomic mass is 16.1. The van der Waals surface area contributed by atoms with Crippen molar-refractivity contribution in [3.8, 4) is 0 Å². The Hall–Kier alpha value is -2.36. The lowest BCUT2D eigenvalue weighted by Crippen LogP contribution is -2.24. The van der Waals surface area contributed by atoms with Gasteiger partial charge in [0.15, 0.2) is 0 Å². The van der Waals surface area contributed by atoms with Crippen LogP contribution in [-0.4, -0.2) is 24.0 Å². The summed E-state index contributed by atoms with van der Waals surface area (Å²) in [7, 11) is 0. The van der Waals surface area contributed by atoms with Gasteiger partial charge >= 0.3 is 0 Å². The van der Waals surface area contributed by atoms with Gasteiger partial charge in [-0.2, -0.15) is 0 Å². The molecule has 1 aromatic carbocycles. The monoisotopic (exact) mass is 295 g/mol. The summed E-state index contributed by atoms with van der Waals surface area (Å²) in [6.07, 6.45) is 4.36. The standard InChI is InChI=1S/C18H21N3O/c1-12-3-4-15(13(2)9-12)14-6-8-21(11-14)17-5-7-20-10-16(17)18(19)22/h3-5,7,9-10,14H,6,8,11H2,1-2H3,(H2,19,22). The van der Waals surface area contributed by atoms with E-state index in [1.54, 1.807) is 12.4 Å². The summed E-state index contributed by atoms with van der Waals surface area (Å²) in [5.74, 6) is 0.0764. The molecule has 0 spiro atoms. The van der Waals surface area contributed by atoms with Gasteiger partial charge in [-0.05, 0) is 37.5 Å². The lowest BCUT2D eigenvalue weighted by molar-refractivity contribution is 0.100. The van der Waals surface area contributed by atoms with Crippen LogP contribution in [0, 0.1) is 13.8 Å². The molecule has 1 aliphatic rings. The van der Waals surface area contributed by atoms with Crippen LogP contribution in [0.3, 0.4) is 0 Å². The van der Waals surface area contributed by atoms with Crippen LogP contribution in [0.5, 0.6) is 0 Å². The van der Waals surface area contributed by atoms with E-state index in [0.717, 1.165) is 25.2 Å². The molecule has 1 amide bonds. The van der Waals surface area contributed by atoms with Crippen molar-refractivity contribution in [1.82, 2.24) is 4.98 Å². The third-order valence-corrected chi connectivity index (χ3v) is 4.46.